The Labute approximate surface area is 118 Å². The molecular formula is C15H21BrN2. The van der Waals surface area contributed by atoms with Crippen molar-refractivity contribution < 1.29 is 0 Å². The van der Waals surface area contributed by atoms with Gasteiger partial charge in [-0.05, 0) is 72.1 Å². The number of rotatable bonds is 4. The van der Waals surface area contributed by atoms with Crippen molar-refractivity contribution in [3.05, 3.63) is 28.5 Å². The fourth-order valence-corrected chi connectivity index (χ4v) is 4.24. The molecule has 1 aromatic rings. The zero-order chi connectivity index (χ0) is 12.5. The SMILES string of the molecule is CNC(Cc1ccc(Br)cn1)C1CC2CCC1C2. The smallest absolute Gasteiger partial charge is 0.0420 e. The van der Waals surface area contributed by atoms with E-state index >= 15 is 0 Å². The highest BCUT2D eigenvalue weighted by atomic mass is 79.9. The topological polar surface area (TPSA) is 24.9 Å². The first kappa shape index (κ1) is 12.6. The fraction of sp³-hybridized carbons (Fsp3) is 0.667. The maximum Gasteiger partial charge on any atom is 0.0420 e. The second-order valence-corrected chi connectivity index (χ2v) is 6.82. The largest absolute Gasteiger partial charge is 0.316 e. The van der Waals surface area contributed by atoms with E-state index in [4.69, 9.17) is 0 Å². The van der Waals surface area contributed by atoms with Crippen LogP contribution in [0.1, 0.15) is 31.4 Å². The summed E-state index contributed by atoms with van der Waals surface area (Å²) in [5, 5.41) is 3.54. The third kappa shape index (κ3) is 2.48. The summed E-state index contributed by atoms with van der Waals surface area (Å²) in [5.41, 5.74) is 1.21. The molecule has 4 unspecified atom stereocenters. The Morgan fingerprint density at radius 1 is 1.39 bits per heavy atom. The van der Waals surface area contributed by atoms with E-state index in [0.717, 1.165) is 28.6 Å². The van der Waals surface area contributed by atoms with Gasteiger partial charge in [-0.3, -0.25) is 4.98 Å². The molecule has 2 nitrogen and oxygen atoms in total. The molecule has 0 amide bonds. The van der Waals surface area contributed by atoms with Crippen LogP contribution in [-0.4, -0.2) is 18.1 Å². The first-order valence-electron chi connectivity index (χ1n) is 7.04. The standard InChI is InChI=1S/C15H21BrN2/c1-17-15(8-13-5-4-12(16)9-18-13)14-7-10-2-3-11(14)6-10/h4-5,9-11,14-15,17H,2-3,6-8H2,1H3. The number of hydrogen-bond donors (Lipinski definition) is 1. The summed E-state index contributed by atoms with van der Waals surface area (Å²) in [6.07, 6.45) is 8.83. The molecule has 0 aliphatic heterocycles. The van der Waals surface area contributed by atoms with Crippen molar-refractivity contribution in [2.45, 2.75) is 38.1 Å². The summed E-state index contributed by atoms with van der Waals surface area (Å²) in [5.74, 6) is 2.87. The molecule has 0 radical (unpaired) electrons. The third-order valence-corrected chi connectivity index (χ3v) is 5.37. The molecule has 0 aromatic carbocycles. The van der Waals surface area contributed by atoms with Crippen LogP contribution < -0.4 is 5.32 Å². The predicted octanol–water partition coefficient (Wildman–Crippen LogP) is 3.41. The lowest BCUT2D eigenvalue weighted by atomic mass is 9.81. The second kappa shape index (κ2) is 5.30. The second-order valence-electron chi connectivity index (χ2n) is 5.91. The van der Waals surface area contributed by atoms with Gasteiger partial charge in [-0.25, -0.2) is 0 Å². The molecule has 0 spiro atoms. The minimum absolute atomic E-state index is 0.606. The fourth-order valence-electron chi connectivity index (χ4n) is 4.01. The highest BCUT2D eigenvalue weighted by molar-refractivity contribution is 9.10. The van der Waals surface area contributed by atoms with Crippen molar-refractivity contribution in [2.75, 3.05) is 7.05 Å². The lowest BCUT2D eigenvalue weighted by molar-refractivity contribution is 0.254. The summed E-state index contributed by atoms with van der Waals surface area (Å²) in [6.45, 7) is 0. The molecule has 2 fully saturated rings. The van der Waals surface area contributed by atoms with Crippen molar-refractivity contribution in [3.63, 3.8) is 0 Å². The molecule has 2 aliphatic carbocycles. The van der Waals surface area contributed by atoms with Gasteiger partial charge in [-0.2, -0.15) is 0 Å². The highest BCUT2D eigenvalue weighted by Gasteiger charge is 2.42. The van der Waals surface area contributed by atoms with Crippen LogP contribution in [0.25, 0.3) is 0 Å². The van der Waals surface area contributed by atoms with Crippen LogP contribution in [0.2, 0.25) is 0 Å². The van der Waals surface area contributed by atoms with Gasteiger partial charge in [0.05, 0.1) is 0 Å². The minimum Gasteiger partial charge on any atom is -0.316 e. The van der Waals surface area contributed by atoms with Crippen LogP contribution in [0.4, 0.5) is 0 Å². The molecule has 1 N–H and O–H groups in total. The molecule has 3 rings (SSSR count). The van der Waals surface area contributed by atoms with Crippen LogP contribution in [0.5, 0.6) is 0 Å². The van der Waals surface area contributed by atoms with Gasteiger partial charge in [0, 0.05) is 28.8 Å². The number of likely N-dealkylation sites (N-methyl/N-ethyl adjacent to an activating group) is 1. The molecule has 1 heterocycles. The number of halogens is 1. The van der Waals surface area contributed by atoms with E-state index in [9.17, 15) is 0 Å². The molecule has 4 atom stereocenters. The minimum atomic E-state index is 0.606. The molecular weight excluding hydrogens is 288 g/mol. The van der Waals surface area contributed by atoms with Crippen molar-refractivity contribution in [2.24, 2.45) is 17.8 Å². The average molecular weight is 309 g/mol. The van der Waals surface area contributed by atoms with Gasteiger partial charge < -0.3 is 5.32 Å². The molecule has 98 valence electrons. The Kier molecular flexibility index (Phi) is 3.71. The average Bonchev–Trinajstić information content (AvgIpc) is 3.00. The van der Waals surface area contributed by atoms with Crippen LogP contribution in [0.15, 0.2) is 22.8 Å². The van der Waals surface area contributed by atoms with Crippen LogP contribution >= 0.6 is 15.9 Å². The summed E-state index contributed by atoms with van der Waals surface area (Å²) in [4.78, 5) is 4.51. The first-order chi connectivity index (χ1) is 8.76. The van der Waals surface area contributed by atoms with Gasteiger partial charge in [0.2, 0.25) is 0 Å². The Hall–Kier alpha value is -0.410. The van der Waals surface area contributed by atoms with Crippen molar-refractivity contribution in [1.29, 1.82) is 0 Å². The normalized spacial score (nSPS) is 31.8. The van der Waals surface area contributed by atoms with Crippen molar-refractivity contribution in [1.82, 2.24) is 10.3 Å². The maximum absolute atomic E-state index is 4.51. The lowest BCUT2D eigenvalue weighted by Gasteiger charge is -2.30. The number of fused-ring (bicyclic) bond motifs is 2. The number of nitrogens with zero attached hydrogens (tertiary/aromatic N) is 1. The first-order valence-corrected chi connectivity index (χ1v) is 7.83. The lowest BCUT2D eigenvalue weighted by Crippen LogP contribution is -2.38. The van der Waals surface area contributed by atoms with E-state index in [0.29, 0.717) is 6.04 Å². The Balaban J connectivity index is 1.67. The maximum atomic E-state index is 4.51. The predicted molar refractivity (Wildman–Crippen MR) is 77.4 cm³/mol. The summed E-state index contributed by atoms with van der Waals surface area (Å²) in [7, 11) is 2.11. The number of aromatic nitrogens is 1. The molecule has 2 bridgehead atoms. The zero-order valence-electron chi connectivity index (χ0n) is 10.9. The quantitative estimate of drug-likeness (QED) is 0.922. The van der Waals surface area contributed by atoms with E-state index in [1.807, 2.05) is 6.20 Å². The van der Waals surface area contributed by atoms with E-state index in [-0.39, 0.29) is 0 Å². The molecule has 2 saturated carbocycles. The number of nitrogens with one attached hydrogen (secondary N) is 1. The monoisotopic (exact) mass is 308 g/mol. The van der Waals surface area contributed by atoms with Crippen molar-refractivity contribution >= 4 is 15.9 Å². The molecule has 3 heteroatoms. The van der Waals surface area contributed by atoms with Gasteiger partial charge in [0.25, 0.3) is 0 Å². The van der Waals surface area contributed by atoms with Gasteiger partial charge in [0.1, 0.15) is 0 Å². The summed E-state index contributed by atoms with van der Waals surface area (Å²) in [6, 6.07) is 4.84. The van der Waals surface area contributed by atoms with Gasteiger partial charge in [-0.1, -0.05) is 6.42 Å². The van der Waals surface area contributed by atoms with E-state index < -0.39 is 0 Å². The van der Waals surface area contributed by atoms with Crippen LogP contribution in [0, 0.1) is 17.8 Å². The van der Waals surface area contributed by atoms with Crippen LogP contribution in [-0.2, 0) is 6.42 Å². The van der Waals surface area contributed by atoms with E-state index in [2.05, 4.69) is 45.4 Å². The summed E-state index contributed by atoms with van der Waals surface area (Å²) >= 11 is 3.44. The number of pyridine rings is 1. The van der Waals surface area contributed by atoms with Crippen molar-refractivity contribution in [3.8, 4) is 0 Å². The Morgan fingerprint density at radius 2 is 2.28 bits per heavy atom. The zero-order valence-corrected chi connectivity index (χ0v) is 12.5. The third-order valence-electron chi connectivity index (χ3n) is 4.90. The van der Waals surface area contributed by atoms with E-state index in [1.54, 1.807) is 0 Å². The number of hydrogen-bond acceptors (Lipinski definition) is 2. The van der Waals surface area contributed by atoms with Gasteiger partial charge in [-0.15, -0.1) is 0 Å². The van der Waals surface area contributed by atoms with Gasteiger partial charge >= 0.3 is 0 Å². The molecule has 0 saturated heterocycles. The molecule has 2 aliphatic rings. The molecule has 1 aromatic heterocycles. The van der Waals surface area contributed by atoms with Gasteiger partial charge in [0.15, 0.2) is 0 Å². The highest BCUT2D eigenvalue weighted by Crippen LogP contribution is 2.49. The summed E-state index contributed by atoms with van der Waals surface area (Å²) < 4.78 is 1.06. The Bertz CT molecular complexity index is 403. The van der Waals surface area contributed by atoms with E-state index in [1.165, 1.54) is 31.4 Å². The Morgan fingerprint density at radius 3 is 2.83 bits per heavy atom. The molecule has 18 heavy (non-hydrogen) atoms. The van der Waals surface area contributed by atoms with Crippen LogP contribution in [0.3, 0.4) is 0 Å².